The van der Waals surface area contributed by atoms with E-state index in [9.17, 15) is 17.6 Å². The second-order valence-corrected chi connectivity index (χ2v) is 8.74. The Kier molecular flexibility index (Phi) is 4.66. The average Bonchev–Trinajstić information content (AvgIpc) is 3.20. The summed E-state index contributed by atoms with van der Waals surface area (Å²) >= 11 is 1.43. The third-order valence-corrected chi connectivity index (χ3v) is 7.31. The third-order valence-electron chi connectivity index (χ3n) is 4.28. The van der Waals surface area contributed by atoms with Gasteiger partial charge < -0.3 is 4.90 Å². The lowest BCUT2D eigenvalue weighted by Gasteiger charge is -2.26. The molecule has 2 heterocycles. The first-order valence-electron chi connectivity index (χ1n) is 7.56. The number of hydrogen-bond donors (Lipinski definition) is 0. The molecule has 2 aliphatic heterocycles. The summed E-state index contributed by atoms with van der Waals surface area (Å²) in [5.74, 6) is 0.164. The quantitative estimate of drug-likeness (QED) is 0.827. The number of aryl methyl sites for hydroxylation is 1. The maximum Gasteiger partial charge on any atom is 0.244 e. The molecule has 0 aromatic heterocycles. The van der Waals surface area contributed by atoms with E-state index in [1.54, 1.807) is 4.90 Å². The number of likely N-dealkylation sites (tertiary alicyclic amines) is 1. The molecule has 23 heavy (non-hydrogen) atoms. The van der Waals surface area contributed by atoms with E-state index in [0.717, 1.165) is 18.9 Å². The fourth-order valence-corrected chi connectivity index (χ4v) is 6.14. The Balaban J connectivity index is 1.88. The van der Waals surface area contributed by atoms with Gasteiger partial charge >= 0.3 is 0 Å². The monoisotopic (exact) mass is 358 g/mol. The van der Waals surface area contributed by atoms with E-state index in [-0.39, 0.29) is 22.2 Å². The summed E-state index contributed by atoms with van der Waals surface area (Å²) in [6.07, 6.45) is 1.94. The number of carbonyl (C=O) groups excluding carboxylic acids is 1. The summed E-state index contributed by atoms with van der Waals surface area (Å²) in [4.78, 5) is 14.4. The van der Waals surface area contributed by atoms with Gasteiger partial charge in [-0.3, -0.25) is 4.79 Å². The van der Waals surface area contributed by atoms with E-state index in [4.69, 9.17) is 0 Å². The van der Waals surface area contributed by atoms with Gasteiger partial charge in [0.05, 0.1) is 10.8 Å². The molecular weight excluding hydrogens is 339 g/mol. The highest BCUT2D eigenvalue weighted by Gasteiger charge is 2.42. The molecule has 1 aromatic carbocycles. The van der Waals surface area contributed by atoms with Crippen LogP contribution in [-0.4, -0.2) is 54.3 Å². The van der Waals surface area contributed by atoms with Crippen LogP contribution in [0.4, 0.5) is 4.39 Å². The molecule has 3 rings (SSSR count). The van der Waals surface area contributed by atoms with Gasteiger partial charge in [-0.25, -0.2) is 12.8 Å². The molecule has 2 aliphatic rings. The van der Waals surface area contributed by atoms with Gasteiger partial charge in [-0.2, -0.15) is 4.31 Å². The molecule has 126 valence electrons. The molecule has 2 fully saturated rings. The Morgan fingerprint density at radius 1 is 1.30 bits per heavy atom. The fourth-order valence-electron chi connectivity index (χ4n) is 2.92. The number of thioether (sulfide) groups is 1. The normalized spacial score (nSPS) is 22.7. The van der Waals surface area contributed by atoms with E-state index in [1.807, 2.05) is 0 Å². The molecule has 1 amide bonds. The molecule has 2 saturated heterocycles. The first kappa shape index (κ1) is 16.7. The van der Waals surface area contributed by atoms with Crippen molar-refractivity contribution in [3.63, 3.8) is 0 Å². The minimum absolute atomic E-state index is 0.0399. The Morgan fingerprint density at radius 3 is 2.65 bits per heavy atom. The van der Waals surface area contributed by atoms with Crippen LogP contribution >= 0.6 is 11.8 Å². The third kappa shape index (κ3) is 3.12. The maximum absolute atomic E-state index is 13.4. The summed E-state index contributed by atoms with van der Waals surface area (Å²) in [7, 11) is -3.80. The SMILES string of the molecule is Cc1cc(S(=O)(=O)N2CSCC2C(=O)N2CCCC2)ccc1F. The molecule has 0 aliphatic carbocycles. The van der Waals surface area contributed by atoms with Crippen molar-refractivity contribution < 1.29 is 17.6 Å². The number of halogens is 1. The molecule has 5 nitrogen and oxygen atoms in total. The predicted molar refractivity (Wildman–Crippen MR) is 87.1 cm³/mol. The van der Waals surface area contributed by atoms with Crippen LogP contribution in [0.15, 0.2) is 23.1 Å². The van der Waals surface area contributed by atoms with Gasteiger partial charge in [-0.1, -0.05) is 0 Å². The Morgan fingerprint density at radius 2 is 2.00 bits per heavy atom. The van der Waals surface area contributed by atoms with Gasteiger partial charge in [0.2, 0.25) is 15.9 Å². The number of amides is 1. The molecule has 0 bridgehead atoms. The molecule has 0 N–H and O–H groups in total. The van der Waals surface area contributed by atoms with Crippen LogP contribution in [0.2, 0.25) is 0 Å². The summed E-state index contributed by atoms with van der Waals surface area (Å²) in [6, 6.07) is 3.08. The number of nitrogens with zero attached hydrogens (tertiary/aromatic N) is 2. The highest BCUT2D eigenvalue weighted by molar-refractivity contribution is 8.00. The van der Waals surface area contributed by atoms with Crippen LogP contribution in [0, 0.1) is 12.7 Å². The fraction of sp³-hybridized carbons (Fsp3) is 0.533. The summed E-state index contributed by atoms with van der Waals surface area (Å²) in [5, 5.41) is 0. The molecule has 8 heteroatoms. The Bertz CT molecular complexity index is 717. The van der Waals surface area contributed by atoms with E-state index in [0.29, 0.717) is 18.8 Å². The van der Waals surface area contributed by atoms with Crippen LogP contribution in [0.1, 0.15) is 18.4 Å². The van der Waals surface area contributed by atoms with Gasteiger partial charge in [-0.15, -0.1) is 11.8 Å². The molecule has 0 spiro atoms. The summed E-state index contributed by atoms with van der Waals surface area (Å²) in [6.45, 7) is 2.92. The lowest BCUT2D eigenvalue weighted by Crippen LogP contribution is -2.48. The minimum atomic E-state index is -3.80. The number of carbonyl (C=O) groups is 1. The number of sulfonamides is 1. The Hall–Kier alpha value is -1.12. The largest absolute Gasteiger partial charge is 0.341 e. The first-order valence-corrected chi connectivity index (χ1v) is 10.2. The second kappa shape index (κ2) is 6.41. The van der Waals surface area contributed by atoms with Crippen LogP contribution in [0.5, 0.6) is 0 Å². The van der Waals surface area contributed by atoms with Crippen LogP contribution in [-0.2, 0) is 14.8 Å². The van der Waals surface area contributed by atoms with Crippen molar-refractivity contribution in [1.29, 1.82) is 0 Å². The number of benzene rings is 1. The number of rotatable bonds is 3. The lowest BCUT2D eigenvalue weighted by molar-refractivity contribution is -0.133. The van der Waals surface area contributed by atoms with Crippen molar-refractivity contribution in [3.8, 4) is 0 Å². The van der Waals surface area contributed by atoms with Crippen LogP contribution < -0.4 is 0 Å². The van der Waals surface area contributed by atoms with Gasteiger partial charge in [0, 0.05) is 18.8 Å². The molecular formula is C15H19FN2O3S2. The smallest absolute Gasteiger partial charge is 0.244 e. The summed E-state index contributed by atoms with van der Waals surface area (Å²) in [5.41, 5.74) is 0.278. The van der Waals surface area contributed by atoms with Gasteiger partial charge in [0.1, 0.15) is 11.9 Å². The zero-order chi connectivity index (χ0) is 16.6. The molecule has 1 aromatic rings. The van der Waals surface area contributed by atoms with Crippen molar-refractivity contribution in [3.05, 3.63) is 29.6 Å². The minimum Gasteiger partial charge on any atom is -0.341 e. The van der Waals surface area contributed by atoms with Crippen molar-refractivity contribution in [1.82, 2.24) is 9.21 Å². The second-order valence-electron chi connectivity index (χ2n) is 5.85. The van der Waals surface area contributed by atoms with Gasteiger partial charge in [-0.05, 0) is 43.5 Å². The molecule has 1 atom stereocenters. The average molecular weight is 358 g/mol. The highest BCUT2D eigenvalue weighted by Crippen LogP contribution is 2.30. The molecule has 1 unspecified atom stereocenters. The molecule has 0 saturated carbocycles. The van der Waals surface area contributed by atoms with Crippen molar-refractivity contribution in [2.75, 3.05) is 24.7 Å². The van der Waals surface area contributed by atoms with E-state index in [1.165, 1.54) is 35.1 Å². The zero-order valence-electron chi connectivity index (χ0n) is 12.9. The first-order chi connectivity index (χ1) is 10.9. The van der Waals surface area contributed by atoms with Crippen LogP contribution in [0.25, 0.3) is 0 Å². The van der Waals surface area contributed by atoms with Gasteiger partial charge in [0.25, 0.3) is 0 Å². The maximum atomic E-state index is 13.4. The standard InChI is InChI=1S/C15H19FN2O3S2/c1-11-8-12(4-5-13(11)16)23(20,21)18-10-22-9-14(18)15(19)17-6-2-3-7-17/h4-5,8,14H,2-3,6-7,9-10H2,1H3. The van der Waals surface area contributed by atoms with Crippen LogP contribution in [0.3, 0.4) is 0 Å². The van der Waals surface area contributed by atoms with E-state index < -0.39 is 21.9 Å². The lowest BCUT2D eigenvalue weighted by atomic mass is 10.2. The number of hydrogen-bond acceptors (Lipinski definition) is 4. The van der Waals surface area contributed by atoms with Crippen molar-refractivity contribution in [2.45, 2.75) is 30.7 Å². The highest BCUT2D eigenvalue weighted by atomic mass is 32.2. The topological polar surface area (TPSA) is 57.7 Å². The van der Waals surface area contributed by atoms with Crippen molar-refractivity contribution in [2.24, 2.45) is 0 Å². The predicted octanol–water partition coefficient (Wildman–Crippen LogP) is 1.82. The van der Waals surface area contributed by atoms with Gasteiger partial charge in [0.15, 0.2) is 0 Å². The molecule has 0 radical (unpaired) electrons. The Labute approximate surface area is 139 Å². The zero-order valence-corrected chi connectivity index (χ0v) is 14.5. The van der Waals surface area contributed by atoms with Crippen molar-refractivity contribution >= 4 is 27.7 Å². The van der Waals surface area contributed by atoms with E-state index in [2.05, 4.69) is 0 Å². The van der Waals surface area contributed by atoms with E-state index >= 15 is 0 Å². The summed E-state index contributed by atoms with van der Waals surface area (Å²) < 4.78 is 40.3.